The highest BCUT2D eigenvalue weighted by Gasteiger charge is 2.33. The number of nitrogens with one attached hydrogen (secondary N) is 1. The van der Waals surface area contributed by atoms with E-state index in [4.69, 9.17) is 0 Å². The van der Waals surface area contributed by atoms with Crippen molar-refractivity contribution in [1.82, 2.24) is 10.3 Å². The standard InChI is InChI=1S/C15H17F2N3O/c16-12-11(6-9-19-13(12)17)14(21)20-15(10-18)7-4-2-1-3-5-8-15/h6,9H,1-5,7-8H2,(H,20,21). The van der Waals surface area contributed by atoms with Gasteiger partial charge in [0.25, 0.3) is 5.91 Å². The summed E-state index contributed by atoms with van der Waals surface area (Å²) in [5, 5.41) is 12.0. The Morgan fingerprint density at radius 1 is 1.24 bits per heavy atom. The number of aromatic nitrogens is 1. The Kier molecular flexibility index (Phi) is 4.84. The highest BCUT2D eigenvalue weighted by Crippen LogP contribution is 2.26. The number of nitriles is 1. The smallest absolute Gasteiger partial charge is 0.255 e. The minimum atomic E-state index is -1.31. The molecule has 1 amide bonds. The Morgan fingerprint density at radius 2 is 1.86 bits per heavy atom. The Hall–Kier alpha value is -2.03. The third-order valence-corrected chi connectivity index (χ3v) is 3.87. The van der Waals surface area contributed by atoms with E-state index in [2.05, 4.69) is 16.4 Å². The minimum Gasteiger partial charge on any atom is -0.334 e. The molecule has 1 N–H and O–H groups in total. The van der Waals surface area contributed by atoms with Crippen LogP contribution in [0.15, 0.2) is 12.3 Å². The van der Waals surface area contributed by atoms with E-state index >= 15 is 0 Å². The Bertz CT molecular complexity index is 561. The summed E-state index contributed by atoms with van der Waals surface area (Å²) >= 11 is 0. The lowest BCUT2D eigenvalue weighted by Crippen LogP contribution is -2.48. The maximum Gasteiger partial charge on any atom is 0.255 e. The lowest BCUT2D eigenvalue weighted by molar-refractivity contribution is 0.0902. The van der Waals surface area contributed by atoms with Crippen LogP contribution in [0.4, 0.5) is 8.78 Å². The molecule has 112 valence electrons. The number of pyridine rings is 1. The van der Waals surface area contributed by atoms with E-state index in [-0.39, 0.29) is 0 Å². The molecule has 0 radical (unpaired) electrons. The molecule has 0 spiro atoms. The van der Waals surface area contributed by atoms with E-state index < -0.39 is 28.8 Å². The maximum absolute atomic E-state index is 13.6. The van der Waals surface area contributed by atoms with Gasteiger partial charge in [0.05, 0.1) is 11.6 Å². The molecule has 0 unspecified atom stereocenters. The van der Waals surface area contributed by atoms with Gasteiger partial charge < -0.3 is 5.32 Å². The average molecular weight is 293 g/mol. The molecule has 6 heteroatoms. The van der Waals surface area contributed by atoms with Crippen molar-refractivity contribution in [3.05, 3.63) is 29.6 Å². The third-order valence-electron chi connectivity index (χ3n) is 3.87. The van der Waals surface area contributed by atoms with Crippen molar-refractivity contribution in [3.8, 4) is 6.07 Å². The second kappa shape index (κ2) is 6.61. The first-order valence-corrected chi connectivity index (χ1v) is 7.12. The summed E-state index contributed by atoms with van der Waals surface area (Å²) < 4.78 is 26.7. The summed E-state index contributed by atoms with van der Waals surface area (Å²) in [7, 11) is 0. The first-order chi connectivity index (χ1) is 10.1. The SMILES string of the molecule is N#CC1(NC(=O)c2ccnc(F)c2F)CCCCCCC1. The Morgan fingerprint density at radius 3 is 2.48 bits per heavy atom. The number of halogens is 2. The van der Waals surface area contributed by atoms with Gasteiger partial charge >= 0.3 is 0 Å². The molecular weight excluding hydrogens is 276 g/mol. The quantitative estimate of drug-likeness (QED) is 0.852. The number of carbonyl (C=O) groups is 1. The van der Waals surface area contributed by atoms with Crippen molar-refractivity contribution >= 4 is 5.91 Å². The normalized spacial score (nSPS) is 18.1. The first kappa shape index (κ1) is 15.4. The van der Waals surface area contributed by atoms with Crippen molar-refractivity contribution in [2.24, 2.45) is 0 Å². The van der Waals surface area contributed by atoms with Gasteiger partial charge in [0, 0.05) is 6.20 Å². The molecule has 0 aliphatic heterocycles. The summed E-state index contributed by atoms with van der Waals surface area (Å²) in [6.45, 7) is 0. The van der Waals surface area contributed by atoms with Gasteiger partial charge in [-0.2, -0.15) is 9.65 Å². The molecule has 0 bridgehead atoms. The number of amides is 1. The largest absolute Gasteiger partial charge is 0.334 e. The summed E-state index contributed by atoms with van der Waals surface area (Å²) in [5.74, 6) is -3.36. The van der Waals surface area contributed by atoms with Gasteiger partial charge in [0.2, 0.25) is 5.95 Å². The fourth-order valence-corrected chi connectivity index (χ4v) is 2.65. The van der Waals surface area contributed by atoms with E-state index in [0.717, 1.165) is 44.4 Å². The maximum atomic E-state index is 13.6. The van der Waals surface area contributed by atoms with Gasteiger partial charge in [0.1, 0.15) is 5.54 Å². The zero-order valence-corrected chi connectivity index (χ0v) is 11.7. The molecule has 1 aromatic heterocycles. The van der Waals surface area contributed by atoms with Crippen molar-refractivity contribution < 1.29 is 13.6 Å². The average Bonchev–Trinajstić information content (AvgIpc) is 2.45. The van der Waals surface area contributed by atoms with Crippen molar-refractivity contribution in [2.45, 2.75) is 50.5 Å². The van der Waals surface area contributed by atoms with Crippen molar-refractivity contribution in [2.75, 3.05) is 0 Å². The molecule has 0 saturated heterocycles. The van der Waals surface area contributed by atoms with Gasteiger partial charge in [0.15, 0.2) is 5.82 Å². The summed E-state index contributed by atoms with van der Waals surface area (Å²) in [5.41, 5.74) is -1.41. The van der Waals surface area contributed by atoms with Crippen LogP contribution in [0.3, 0.4) is 0 Å². The van der Waals surface area contributed by atoms with Crippen LogP contribution < -0.4 is 5.32 Å². The van der Waals surface area contributed by atoms with E-state index in [9.17, 15) is 18.8 Å². The van der Waals surface area contributed by atoms with Crippen molar-refractivity contribution in [3.63, 3.8) is 0 Å². The van der Waals surface area contributed by atoms with Crippen LogP contribution >= 0.6 is 0 Å². The molecule has 2 rings (SSSR count). The monoisotopic (exact) mass is 293 g/mol. The van der Waals surface area contributed by atoms with Crippen LogP contribution in [-0.2, 0) is 0 Å². The summed E-state index contributed by atoms with van der Waals surface area (Å²) in [6.07, 6.45) is 6.91. The number of hydrogen-bond acceptors (Lipinski definition) is 3. The highest BCUT2D eigenvalue weighted by atomic mass is 19.2. The molecule has 1 heterocycles. The molecule has 1 aliphatic rings. The zero-order valence-electron chi connectivity index (χ0n) is 11.7. The van der Waals surface area contributed by atoms with Crippen molar-refractivity contribution in [1.29, 1.82) is 5.26 Å². The molecule has 21 heavy (non-hydrogen) atoms. The van der Waals surface area contributed by atoms with Crippen LogP contribution in [0.5, 0.6) is 0 Å². The molecular formula is C15H17F2N3O. The van der Waals surface area contributed by atoms with Gasteiger partial charge in [-0.25, -0.2) is 9.37 Å². The van der Waals surface area contributed by atoms with Gasteiger partial charge in [-0.3, -0.25) is 4.79 Å². The number of carbonyl (C=O) groups excluding carboxylic acids is 1. The van der Waals surface area contributed by atoms with Gasteiger partial charge in [-0.15, -0.1) is 0 Å². The molecule has 1 fully saturated rings. The van der Waals surface area contributed by atoms with E-state index in [1.807, 2.05) is 0 Å². The van der Waals surface area contributed by atoms with Crippen LogP contribution in [0.25, 0.3) is 0 Å². The van der Waals surface area contributed by atoms with E-state index in [1.165, 1.54) is 0 Å². The second-order valence-electron chi connectivity index (χ2n) is 5.38. The van der Waals surface area contributed by atoms with Crippen LogP contribution in [0.1, 0.15) is 55.3 Å². The topological polar surface area (TPSA) is 65.8 Å². The van der Waals surface area contributed by atoms with Crippen LogP contribution in [-0.4, -0.2) is 16.4 Å². The number of hydrogen-bond donors (Lipinski definition) is 1. The van der Waals surface area contributed by atoms with Gasteiger partial charge in [-0.1, -0.05) is 32.1 Å². The fourth-order valence-electron chi connectivity index (χ4n) is 2.65. The van der Waals surface area contributed by atoms with Crippen LogP contribution in [0, 0.1) is 23.1 Å². The summed E-state index contributed by atoms with van der Waals surface area (Å²) in [6, 6.07) is 3.27. The zero-order chi connectivity index (χ0) is 15.3. The highest BCUT2D eigenvalue weighted by molar-refractivity contribution is 5.95. The molecule has 1 aromatic rings. The Balaban J connectivity index is 2.19. The second-order valence-corrected chi connectivity index (χ2v) is 5.38. The number of nitrogens with zero attached hydrogens (tertiary/aromatic N) is 2. The van der Waals surface area contributed by atoms with Crippen LogP contribution in [0.2, 0.25) is 0 Å². The molecule has 0 aromatic carbocycles. The predicted octanol–water partition coefficient (Wildman–Crippen LogP) is 3.10. The first-order valence-electron chi connectivity index (χ1n) is 7.12. The molecule has 0 atom stereocenters. The predicted molar refractivity (Wildman–Crippen MR) is 72.3 cm³/mol. The number of rotatable bonds is 2. The molecule has 1 aliphatic carbocycles. The van der Waals surface area contributed by atoms with E-state index in [1.54, 1.807) is 0 Å². The Labute approximate surface area is 122 Å². The van der Waals surface area contributed by atoms with E-state index in [0.29, 0.717) is 12.8 Å². The lowest BCUT2D eigenvalue weighted by Gasteiger charge is -2.29. The third kappa shape index (κ3) is 3.54. The fraction of sp³-hybridized carbons (Fsp3) is 0.533. The summed E-state index contributed by atoms with van der Waals surface area (Å²) in [4.78, 5) is 15.3. The minimum absolute atomic E-state index is 0.417. The molecule has 1 saturated carbocycles. The molecule has 4 nitrogen and oxygen atoms in total. The van der Waals surface area contributed by atoms with Gasteiger partial charge in [-0.05, 0) is 18.9 Å². The lowest BCUT2D eigenvalue weighted by atomic mass is 9.85.